The Labute approximate surface area is 138 Å². The molecule has 1 aliphatic heterocycles. The van der Waals surface area contributed by atoms with E-state index in [0.29, 0.717) is 24.0 Å². The van der Waals surface area contributed by atoms with Crippen molar-refractivity contribution in [2.75, 3.05) is 13.1 Å². The van der Waals surface area contributed by atoms with Crippen LogP contribution in [-0.2, 0) is 0 Å². The number of nitrogens with one attached hydrogen (secondary N) is 1. The molecule has 1 aromatic carbocycles. The summed E-state index contributed by atoms with van der Waals surface area (Å²) >= 11 is 3.52. The average Bonchev–Trinajstić information content (AvgIpc) is 2.49. The maximum Gasteiger partial charge on any atom is 0.0322 e. The molecule has 0 aromatic heterocycles. The molecule has 1 fully saturated rings. The summed E-state index contributed by atoms with van der Waals surface area (Å²) < 4.78 is 1.15. The molecule has 4 atom stereocenters. The molecule has 1 N–H and O–H groups in total. The maximum atomic E-state index is 3.73. The monoisotopic (exact) mass is 352 g/mol. The Morgan fingerprint density at radius 3 is 2.57 bits per heavy atom. The Morgan fingerprint density at radius 1 is 1.29 bits per heavy atom. The molecule has 0 spiro atoms. The number of rotatable bonds is 5. The van der Waals surface area contributed by atoms with Gasteiger partial charge in [-0.1, -0.05) is 41.9 Å². The fourth-order valence-electron chi connectivity index (χ4n) is 3.49. The smallest absolute Gasteiger partial charge is 0.0322 e. The van der Waals surface area contributed by atoms with Crippen molar-refractivity contribution < 1.29 is 0 Å². The standard InChI is InChI=1S/C18H29BrN2/c1-5-11-20-18-10-12-21(14(3)13(18)2)15(4)16-6-8-17(19)9-7-16/h6-9,13-15,18,20H,5,10-12H2,1-4H3. The number of halogens is 1. The summed E-state index contributed by atoms with van der Waals surface area (Å²) in [7, 11) is 0. The fourth-order valence-corrected chi connectivity index (χ4v) is 3.75. The molecule has 4 unspecified atom stereocenters. The molecule has 0 bridgehead atoms. The highest BCUT2D eigenvalue weighted by Gasteiger charge is 2.34. The van der Waals surface area contributed by atoms with Gasteiger partial charge in [0.25, 0.3) is 0 Å². The summed E-state index contributed by atoms with van der Waals surface area (Å²) in [6.45, 7) is 11.7. The molecule has 3 heteroatoms. The maximum absolute atomic E-state index is 3.73. The number of hydrogen-bond donors (Lipinski definition) is 1. The SMILES string of the molecule is CCCNC1CCN(C(C)c2ccc(Br)cc2)C(C)C1C. The third-order valence-corrected chi connectivity index (χ3v) is 5.65. The Kier molecular flexibility index (Phi) is 6.27. The van der Waals surface area contributed by atoms with Crippen LogP contribution in [0.2, 0.25) is 0 Å². The summed E-state index contributed by atoms with van der Waals surface area (Å²) in [5.74, 6) is 0.697. The zero-order valence-electron chi connectivity index (χ0n) is 13.8. The summed E-state index contributed by atoms with van der Waals surface area (Å²) in [4.78, 5) is 2.66. The van der Waals surface area contributed by atoms with Gasteiger partial charge in [0, 0.05) is 29.1 Å². The van der Waals surface area contributed by atoms with E-state index < -0.39 is 0 Å². The van der Waals surface area contributed by atoms with Crippen LogP contribution in [0.15, 0.2) is 28.7 Å². The normalized spacial score (nSPS) is 28.5. The fraction of sp³-hybridized carbons (Fsp3) is 0.667. The van der Waals surface area contributed by atoms with E-state index >= 15 is 0 Å². The number of nitrogens with zero attached hydrogens (tertiary/aromatic N) is 1. The molecule has 2 rings (SSSR count). The summed E-state index contributed by atoms with van der Waals surface area (Å²) in [6.07, 6.45) is 2.48. The highest BCUT2D eigenvalue weighted by atomic mass is 79.9. The molecule has 0 aliphatic carbocycles. The predicted octanol–water partition coefficient (Wildman–Crippen LogP) is 4.61. The van der Waals surface area contributed by atoms with Crippen LogP contribution in [0.1, 0.15) is 52.1 Å². The van der Waals surface area contributed by atoms with Crippen LogP contribution in [0.4, 0.5) is 0 Å². The third-order valence-electron chi connectivity index (χ3n) is 5.12. The summed E-state index contributed by atoms with van der Waals surface area (Å²) in [5.41, 5.74) is 1.41. The number of piperidine rings is 1. The number of likely N-dealkylation sites (tertiary alicyclic amines) is 1. The second kappa shape index (κ2) is 7.75. The van der Waals surface area contributed by atoms with Gasteiger partial charge in [0.2, 0.25) is 0 Å². The first-order valence-corrected chi connectivity index (χ1v) is 9.08. The van der Waals surface area contributed by atoms with Crippen LogP contribution in [0, 0.1) is 5.92 Å². The highest BCUT2D eigenvalue weighted by molar-refractivity contribution is 9.10. The van der Waals surface area contributed by atoms with Crippen molar-refractivity contribution in [1.82, 2.24) is 10.2 Å². The topological polar surface area (TPSA) is 15.3 Å². The van der Waals surface area contributed by atoms with Gasteiger partial charge < -0.3 is 5.32 Å². The van der Waals surface area contributed by atoms with Gasteiger partial charge in [-0.05, 0) is 56.8 Å². The quantitative estimate of drug-likeness (QED) is 0.832. The van der Waals surface area contributed by atoms with E-state index in [-0.39, 0.29) is 0 Å². The number of hydrogen-bond acceptors (Lipinski definition) is 2. The minimum absolute atomic E-state index is 0.489. The van der Waals surface area contributed by atoms with Gasteiger partial charge in [-0.25, -0.2) is 0 Å². The highest BCUT2D eigenvalue weighted by Crippen LogP contribution is 2.32. The van der Waals surface area contributed by atoms with Crippen LogP contribution >= 0.6 is 15.9 Å². The Morgan fingerprint density at radius 2 is 1.95 bits per heavy atom. The van der Waals surface area contributed by atoms with Crippen molar-refractivity contribution in [3.8, 4) is 0 Å². The summed E-state index contributed by atoms with van der Waals surface area (Å²) in [5, 5.41) is 3.73. The van der Waals surface area contributed by atoms with Crippen molar-refractivity contribution in [3.63, 3.8) is 0 Å². The van der Waals surface area contributed by atoms with Crippen LogP contribution < -0.4 is 5.32 Å². The second-order valence-electron chi connectivity index (χ2n) is 6.41. The Bertz CT molecular complexity index is 431. The van der Waals surface area contributed by atoms with Crippen LogP contribution in [0.5, 0.6) is 0 Å². The largest absolute Gasteiger partial charge is 0.314 e. The molecule has 0 radical (unpaired) electrons. The van der Waals surface area contributed by atoms with Gasteiger partial charge in [-0.2, -0.15) is 0 Å². The molecule has 0 amide bonds. The van der Waals surface area contributed by atoms with Crippen molar-refractivity contribution in [2.45, 2.75) is 58.7 Å². The molecular weight excluding hydrogens is 324 g/mol. The lowest BCUT2D eigenvalue weighted by molar-refractivity contribution is 0.0525. The Balaban J connectivity index is 2.02. The first-order valence-electron chi connectivity index (χ1n) is 8.29. The molecule has 0 saturated carbocycles. The average molecular weight is 353 g/mol. The first-order chi connectivity index (χ1) is 10.0. The lowest BCUT2D eigenvalue weighted by atomic mass is 9.85. The number of benzene rings is 1. The zero-order valence-corrected chi connectivity index (χ0v) is 15.4. The second-order valence-corrected chi connectivity index (χ2v) is 7.33. The van der Waals surface area contributed by atoms with Crippen LogP contribution in [0.25, 0.3) is 0 Å². The molecule has 21 heavy (non-hydrogen) atoms. The van der Waals surface area contributed by atoms with E-state index in [9.17, 15) is 0 Å². The van der Waals surface area contributed by atoms with Gasteiger partial charge in [0.1, 0.15) is 0 Å². The molecule has 118 valence electrons. The minimum atomic E-state index is 0.489. The molecule has 2 nitrogen and oxygen atoms in total. The first kappa shape index (κ1) is 17.0. The summed E-state index contributed by atoms with van der Waals surface area (Å²) in [6, 6.07) is 10.6. The van der Waals surface area contributed by atoms with Gasteiger partial charge in [-0.3, -0.25) is 4.90 Å². The van der Waals surface area contributed by atoms with Gasteiger partial charge in [0.15, 0.2) is 0 Å². The predicted molar refractivity (Wildman–Crippen MR) is 94.6 cm³/mol. The van der Waals surface area contributed by atoms with E-state index in [0.717, 1.165) is 11.0 Å². The van der Waals surface area contributed by atoms with E-state index in [1.165, 1.54) is 24.9 Å². The van der Waals surface area contributed by atoms with E-state index in [1.807, 2.05) is 0 Å². The molecular formula is C18H29BrN2. The molecule has 1 saturated heterocycles. The van der Waals surface area contributed by atoms with Gasteiger partial charge in [0.05, 0.1) is 0 Å². The van der Waals surface area contributed by atoms with Crippen LogP contribution in [-0.4, -0.2) is 30.1 Å². The van der Waals surface area contributed by atoms with Crippen molar-refractivity contribution >= 4 is 15.9 Å². The van der Waals surface area contributed by atoms with Gasteiger partial charge >= 0.3 is 0 Å². The molecule has 1 aliphatic rings. The molecule has 1 aromatic rings. The van der Waals surface area contributed by atoms with Crippen molar-refractivity contribution in [2.24, 2.45) is 5.92 Å². The third kappa shape index (κ3) is 4.08. The van der Waals surface area contributed by atoms with E-state index in [4.69, 9.17) is 0 Å². The van der Waals surface area contributed by atoms with E-state index in [1.54, 1.807) is 0 Å². The van der Waals surface area contributed by atoms with Gasteiger partial charge in [-0.15, -0.1) is 0 Å². The lowest BCUT2D eigenvalue weighted by Gasteiger charge is -2.46. The van der Waals surface area contributed by atoms with E-state index in [2.05, 4.69) is 78.1 Å². The van der Waals surface area contributed by atoms with Crippen molar-refractivity contribution in [3.05, 3.63) is 34.3 Å². The zero-order chi connectivity index (χ0) is 15.4. The van der Waals surface area contributed by atoms with Crippen molar-refractivity contribution in [1.29, 1.82) is 0 Å². The minimum Gasteiger partial charge on any atom is -0.314 e. The molecule has 1 heterocycles. The van der Waals surface area contributed by atoms with Crippen LogP contribution in [0.3, 0.4) is 0 Å². The lowest BCUT2D eigenvalue weighted by Crippen LogP contribution is -2.53. The Hall–Kier alpha value is -0.380.